The maximum absolute atomic E-state index is 13.2. The molecule has 1 N–H and O–H groups in total. The minimum Gasteiger partial charge on any atom is -0.507 e. The van der Waals surface area contributed by atoms with E-state index in [-0.39, 0.29) is 11.3 Å². The summed E-state index contributed by atoms with van der Waals surface area (Å²) < 4.78 is 5.27. The zero-order chi connectivity index (χ0) is 24.1. The number of hydrogen-bond acceptors (Lipinski definition) is 5. The smallest absolute Gasteiger partial charge is 0.295 e. The summed E-state index contributed by atoms with van der Waals surface area (Å²) >= 11 is 0. The highest BCUT2D eigenvalue weighted by molar-refractivity contribution is 6.46. The van der Waals surface area contributed by atoms with Crippen molar-refractivity contribution in [3.8, 4) is 5.75 Å². The number of likely N-dealkylation sites (tertiary alicyclic amines) is 1. The number of ketones is 1. The molecule has 6 heteroatoms. The van der Waals surface area contributed by atoms with Crippen molar-refractivity contribution in [3.05, 3.63) is 70.8 Å². The summed E-state index contributed by atoms with van der Waals surface area (Å²) in [7, 11) is 1.54. The molecule has 1 fully saturated rings. The van der Waals surface area contributed by atoms with Gasteiger partial charge in [-0.25, -0.2) is 0 Å². The van der Waals surface area contributed by atoms with Gasteiger partial charge in [0.25, 0.3) is 11.7 Å². The van der Waals surface area contributed by atoms with Crippen LogP contribution in [0.4, 0.5) is 0 Å². The molecule has 3 rings (SSSR count). The number of ether oxygens (including phenoxy) is 1. The van der Waals surface area contributed by atoms with Gasteiger partial charge in [-0.05, 0) is 42.3 Å². The highest BCUT2D eigenvalue weighted by Crippen LogP contribution is 2.40. The number of carbonyl (C=O) groups excluding carboxylic acids is 2. The lowest BCUT2D eigenvalue weighted by Crippen LogP contribution is -2.38. The van der Waals surface area contributed by atoms with Crippen LogP contribution in [0.1, 0.15) is 56.3 Å². The number of carbonyl (C=O) groups is 2. The van der Waals surface area contributed by atoms with Gasteiger partial charge in [0.15, 0.2) is 0 Å². The fourth-order valence-electron chi connectivity index (χ4n) is 4.24. The van der Waals surface area contributed by atoms with E-state index in [2.05, 4.69) is 32.6 Å². The molecule has 0 aliphatic carbocycles. The molecule has 33 heavy (non-hydrogen) atoms. The summed E-state index contributed by atoms with van der Waals surface area (Å²) in [4.78, 5) is 30.1. The molecule has 0 bridgehead atoms. The van der Waals surface area contributed by atoms with Crippen molar-refractivity contribution in [1.29, 1.82) is 0 Å². The second kappa shape index (κ2) is 10.7. The molecule has 1 saturated heterocycles. The van der Waals surface area contributed by atoms with Gasteiger partial charge in [0, 0.05) is 18.7 Å². The summed E-state index contributed by atoms with van der Waals surface area (Å²) in [6.07, 6.45) is 0. The number of hydrogen-bond donors (Lipinski definition) is 1. The Morgan fingerprint density at radius 1 is 1.09 bits per heavy atom. The van der Waals surface area contributed by atoms with Gasteiger partial charge in [0.1, 0.15) is 11.5 Å². The highest BCUT2D eigenvalue weighted by Gasteiger charge is 2.46. The number of likely N-dealkylation sites (N-methyl/N-ethyl adjacent to an activating group) is 1. The van der Waals surface area contributed by atoms with Crippen LogP contribution in [0.3, 0.4) is 0 Å². The molecule has 1 heterocycles. The third kappa shape index (κ3) is 5.11. The number of aliphatic hydroxyl groups is 1. The highest BCUT2D eigenvalue weighted by atomic mass is 16.5. The van der Waals surface area contributed by atoms with E-state index in [0.717, 1.165) is 18.7 Å². The van der Waals surface area contributed by atoms with Gasteiger partial charge < -0.3 is 19.6 Å². The van der Waals surface area contributed by atoms with E-state index < -0.39 is 17.7 Å². The molecule has 1 aliphatic heterocycles. The second-order valence-electron chi connectivity index (χ2n) is 8.57. The van der Waals surface area contributed by atoms with Crippen LogP contribution in [0.15, 0.2) is 54.1 Å². The second-order valence-corrected chi connectivity index (χ2v) is 8.57. The third-order valence-corrected chi connectivity index (χ3v) is 6.35. The molecule has 1 unspecified atom stereocenters. The molecular formula is C27H34N2O4. The van der Waals surface area contributed by atoms with E-state index in [1.54, 1.807) is 36.3 Å². The SMILES string of the molecule is CCN(CC)CCN1C(=O)C(=O)/C(=C(/O)c2cccc(OC)c2)C1c1ccc(C(C)C)cc1. The number of aliphatic hydroxyl groups excluding tert-OH is 1. The predicted octanol–water partition coefficient (Wildman–Crippen LogP) is 4.58. The third-order valence-electron chi connectivity index (χ3n) is 6.35. The molecule has 0 aromatic heterocycles. The van der Waals surface area contributed by atoms with E-state index >= 15 is 0 Å². The zero-order valence-corrected chi connectivity index (χ0v) is 20.2. The molecule has 1 amide bonds. The Morgan fingerprint density at radius 2 is 1.76 bits per heavy atom. The molecule has 0 saturated carbocycles. The largest absolute Gasteiger partial charge is 0.507 e. The summed E-state index contributed by atoms with van der Waals surface area (Å²) in [6, 6.07) is 14.2. The summed E-state index contributed by atoms with van der Waals surface area (Å²) in [6.45, 7) is 11.2. The van der Waals surface area contributed by atoms with Gasteiger partial charge in [-0.2, -0.15) is 0 Å². The van der Waals surface area contributed by atoms with Crippen LogP contribution in [0, 0.1) is 0 Å². The fraction of sp³-hybridized carbons (Fsp3) is 0.407. The van der Waals surface area contributed by atoms with Crippen molar-refractivity contribution in [2.45, 2.75) is 39.7 Å². The van der Waals surface area contributed by atoms with Crippen molar-refractivity contribution in [2.75, 3.05) is 33.3 Å². The summed E-state index contributed by atoms with van der Waals surface area (Å²) in [5, 5.41) is 11.2. The van der Waals surface area contributed by atoms with Crippen molar-refractivity contribution >= 4 is 17.4 Å². The van der Waals surface area contributed by atoms with Crippen LogP contribution in [0.2, 0.25) is 0 Å². The molecule has 0 spiro atoms. The van der Waals surface area contributed by atoms with Crippen molar-refractivity contribution in [3.63, 3.8) is 0 Å². The summed E-state index contributed by atoms with van der Waals surface area (Å²) in [5.74, 6) is -0.495. The topological polar surface area (TPSA) is 70.1 Å². The lowest BCUT2D eigenvalue weighted by atomic mass is 9.93. The Bertz CT molecular complexity index is 1020. The number of benzene rings is 2. The molecule has 0 radical (unpaired) electrons. The zero-order valence-electron chi connectivity index (χ0n) is 20.2. The molecular weight excluding hydrogens is 416 g/mol. The average molecular weight is 451 g/mol. The maximum atomic E-state index is 13.2. The lowest BCUT2D eigenvalue weighted by molar-refractivity contribution is -0.140. The minimum absolute atomic E-state index is 0.116. The number of Topliss-reactive ketones (excluding diaryl/α,β-unsaturated/α-hetero) is 1. The van der Waals surface area contributed by atoms with Crippen LogP contribution >= 0.6 is 0 Å². The first-order valence-corrected chi connectivity index (χ1v) is 11.6. The van der Waals surface area contributed by atoms with Crippen molar-refractivity contribution in [1.82, 2.24) is 9.80 Å². The van der Waals surface area contributed by atoms with Gasteiger partial charge in [0.2, 0.25) is 0 Å². The lowest BCUT2D eigenvalue weighted by Gasteiger charge is -2.28. The van der Waals surface area contributed by atoms with Crippen LogP contribution in [-0.4, -0.2) is 59.9 Å². The standard InChI is InChI=1S/C27H34N2O4/c1-6-28(7-2)15-16-29-24(20-13-11-19(12-14-20)18(3)4)23(26(31)27(29)32)25(30)21-9-8-10-22(17-21)33-5/h8-14,17-18,24,30H,6-7,15-16H2,1-5H3/b25-23+. The van der Waals surface area contributed by atoms with E-state index in [0.29, 0.717) is 30.3 Å². The fourth-order valence-corrected chi connectivity index (χ4v) is 4.24. The van der Waals surface area contributed by atoms with E-state index in [1.165, 1.54) is 5.56 Å². The molecule has 6 nitrogen and oxygen atoms in total. The van der Waals surface area contributed by atoms with Crippen molar-refractivity contribution < 1.29 is 19.4 Å². The van der Waals surface area contributed by atoms with Gasteiger partial charge in [-0.3, -0.25) is 9.59 Å². The Balaban J connectivity index is 2.10. The number of rotatable bonds is 9. The monoisotopic (exact) mass is 450 g/mol. The molecule has 176 valence electrons. The molecule has 1 aliphatic rings. The molecule has 2 aromatic rings. The first kappa shape index (κ1) is 24.5. The van der Waals surface area contributed by atoms with Gasteiger partial charge in [-0.15, -0.1) is 0 Å². The maximum Gasteiger partial charge on any atom is 0.295 e. The number of methoxy groups -OCH3 is 1. The Labute approximate surface area is 196 Å². The van der Waals surface area contributed by atoms with E-state index in [9.17, 15) is 14.7 Å². The van der Waals surface area contributed by atoms with Crippen LogP contribution in [-0.2, 0) is 9.59 Å². The molecule has 1 atom stereocenters. The quantitative estimate of drug-likeness (QED) is 0.344. The van der Waals surface area contributed by atoms with Gasteiger partial charge >= 0.3 is 0 Å². The van der Waals surface area contributed by atoms with Gasteiger partial charge in [-0.1, -0.05) is 64.1 Å². The molecule has 2 aromatic carbocycles. The first-order valence-electron chi connectivity index (χ1n) is 11.6. The number of nitrogens with zero attached hydrogens (tertiary/aromatic N) is 2. The first-order chi connectivity index (χ1) is 15.8. The van der Waals surface area contributed by atoms with E-state index in [4.69, 9.17) is 4.74 Å². The normalized spacial score (nSPS) is 17.9. The summed E-state index contributed by atoms with van der Waals surface area (Å²) in [5.41, 5.74) is 2.54. The van der Waals surface area contributed by atoms with Crippen LogP contribution in [0.25, 0.3) is 5.76 Å². The van der Waals surface area contributed by atoms with Crippen LogP contribution in [0.5, 0.6) is 5.75 Å². The van der Waals surface area contributed by atoms with Crippen molar-refractivity contribution in [2.24, 2.45) is 0 Å². The van der Waals surface area contributed by atoms with E-state index in [1.807, 2.05) is 24.3 Å². The predicted molar refractivity (Wildman–Crippen MR) is 130 cm³/mol. The average Bonchev–Trinajstić information content (AvgIpc) is 3.09. The minimum atomic E-state index is -0.659. The van der Waals surface area contributed by atoms with Crippen LogP contribution < -0.4 is 4.74 Å². The van der Waals surface area contributed by atoms with Gasteiger partial charge in [0.05, 0.1) is 18.7 Å². The Kier molecular flexibility index (Phi) is 7.92. The Morgan fingerprint density at radius 3 is 2.33 bits per heavy atom. The number of amides is 1. The Hall–Kier alpha value is -3.12.